The molecule has 0 heterocycles. The van der Waals surface area contributed by atoms with Gasteiger partial charge < -0.3 is 14.9 Å². The van der Waals surface area contributed by atoms with E-state index in [1.807, 2.05) is 0 Å². The van der Waals surface area contributed by atoms with E-state index in [1.54, 1.807) is 0 Å². The third-order valence-corrected chi connectivity index (χ3v) is 1.85. The van der Waals surface area contributed by atoms with Crippen LogP contribution in [0.2, 0.25) is 0 Å². The molecule has 0 atom stereocenters. The Morgan fingerprint density at radius 1 is 1.33 bits per heavy atom. The van der Waals surface area contributed by atoms with Crippen LogP contribution in [0.5, 0.6) is 11.5 Å². The van der Waals surface area contributed by atoms with Gasteiger partial charge in [-0.15, -0.1) is 0 Å². The SMILES string of the molecule is COc1cc(NN)c([N+](=O)[O-])cc1OC. The van der Waals surface area contributed by atoms with Crippen molar-refractivity contribution in [3.63, 3.8) is 0 Å². The average Bonchev–Trinajstić information content (AvgIpc) is 2.26. The zero-order valence-corrected chi connectivity index (χ0v) is 8.31. The number of nitrogens with one attached hydrogen (secondary N) is 1. The molecule has 0 bridgehead atoms. The Morgan fingerprint density at radius 2 is 1.87 bits per heavy atom. The lowest BCUT2D eigenvalue weighted by molar-refractivity contribution is -0.384. The highest BCUT2D eigenvalue weighted by atomic mass is 16.6. The first-order valence-electron chi connectivity index (χ1n) is 4.01. The van der Waals surface area contributed by atoms with Crippen LogP contribution in [0.15, 0.2) is 12.1 Å². The largest absolute Gasteiger partial charge is 0.493 e. The molecule has 15 heavy (non-hydrogen) atoms. The predicted octanol–water partition coefficient (Wildman–Crippen LogP) is 0.898. The maximum Gasteiger partial charge on any atom is 0.297 e. The maximum atomic E-state index is 10.7. The summed E-state index contributed by atoms with van der Waals surface area (Å²) in [7, 11) is 2.83. The first kappa shape index (κ1) is 11.1. The Labute approximate surface area is 85.9 Å². The summed E-state index contributed by atoms with van der Waals surface area (Å²) in [6, 6.07) is 2.64. The second-order valence-electron chi connectivity index (χ2n) is 2.63. The number of hydrogen-bond donors (Lipinski definition) is 2. The number of nitrogens with zero attached hydrogens (tertiary/aromatic N) is 1. The van der Waals surface area contributed by atoms with Crippen molar-refractivity contribution >= 4 is 11.4 Å². The number of methoxy groups -OCH3 is 2. The van der Waals surface area contributed by atoms with Gasteiger partial charge in [0.15, 0.2) is 11.5 Å². The Bertz CT molecular complexity index is 380. The lowest BCUT2D eigenvalue weighted by Crippen LogP contribution is -2.09. The number of anilines is 1. The van der Waals surface area contributed by atoms with E-state index in [0.717, 1.165) is 0 Å². The van der Waals surface area contributed by atoms with Gasteiger partial charge in [-0.1, -0.05) is 0 Å². The molecule has 0 fully saturated rings. The number of hydrazine groups is 1. The van der Waals surface area contributed by atoms with E-state index in [-0.39, 0.29) is 17.1 Å². The van der Waals surface area contributed by atoms with Crippen molar-refractivity contribution in [1.82, 2.24) is 0 Å². The Morgan fingerprint density at radius 3 is 2.27 bits per heavy atom. The van der Waals surface area contributed by atoms with Crippen molar-refractivity contribution in [1.29, 1.82) is 0 Å². The number of benzene rings is 1. The van der Waals surface area contributed by atoms with Crippen molar-refractivity contribution < 1.29 is 14.4 Å². The van der Waals surface area contributed by atoms with E-state index in [2.05, 4.69) is 5.43 Å². The third kappa shape index (κ3) is 2.08. The second-order valence-corrected chi connectivity index (χ2v) is 2.63. The summed E-state index contributed by atoms with van der Waals surface area (Å²) >= 11 is 0. The molecule has 0 unspecified atom stereocenters. The molecule has 3 N–H and O–H groups in total. The fourth-order valence-corrected chi connectivity index (χ4v) is 1.13. The molecule has 1 rings (SSSR count). The molecular weight excluding hydrogens is 202 g/mol. The highest BCUT2D eigenvalue weighted by molar-refractivity contribution is 5.67. The van der Waals surface area contributed by atoms with Crippen LogP contribution in [0.3, 0.4) is 0 Å². The summed E-state index contributed by atoms with van der Waals surface area (Å²) in [5, 5.41) is 10.7. The summed E-state index contributed by atoms with van der Waals surface area (Å²) in [6.45, 7) is 0. The molecule has 7 nitrogen and oxygen atoms in total. The summed E-state index contributed by atoms with van der Waals surface area (Å²) in [6.07, 6.45) is 0. The van der Waals surface area contributed by atoms with E-state index in [0.29, 0.717) is 5.75 Å². The monoisotopic (exact) mass is 213 g/mol. The lowest BCUT2D eigenvalue weighted by atomic mass is 10.2. The van der Waals surface area contributed by atoms with Gasteiger partial charge in [0.1, 0.15) is 5.69 Å². The lowest BCUT2D eigenvalue weighted by Gasteiger charge is -2.09. The first-order valence-corrected chi connectivity index (χ1v) is 4.01. The molecule has 0 amide bonds. The van der Waals surface area contributed by atoms with Gasteiger partial charge >= 0.3 is 0 Å². The van der Waals surface area contributed by atoms with Gasteiger partial charge in [-0.2, -0.15) is 0 Å². The van der Waals surface area contributed by atoms with Gasteiger partial charge in [0.25, 0.3) is 5.69 Å². The van der Waals surface area contributed by atoms with Crippen LogP contribution in [0.25, 0.3) is 0 Å². The Balaban J connectivity index is 3.34. The number of nitro groups is 1. The standard InChI is InChI=1S/C8H11N3O4/c1-14-7-3-5(10-9)6(11(12)13)4-8(7)15-2/h3-4,10H,9H2,1-2H3. The summed E-state index contributed by atoms with van der Waals surface area (Å²) in [4.78, 5) is 10.1. The molecule has 7 heteroatoms. The fourth-order valence-electron chi connectivity index (χ4n) is 1.13. The van der Waals surface area contributed by atoms with E-state index < -0.39 is 4.92 Å². The molecule has 0 aromatic heterocycles. The molecule has 0 aliphatic rings. The zero-order chi connectivity index (χ0) is 11.4. The molecule has 82 valence electrons. The number of rotatable bonds is 4. The molecule has 0 radical (unpaired) electrons. The minimum absolute atomic E-state index is 0.164. The molecule has 1 aromatic rings. The molecule has 0 saturated carbocycles. The van der Waals surface area contributed by atoms with E-state index >= 15 is 0 Å². The topological polar surface area (TPSA) is 99.7 Å². The van der Waals surface area contributed by atoms with Crippen LogP contribution in [-0.2, 0) is 0 Å². The molecule has 0 aliphatic heterocycles. The minimum Gasteiger partial charge on any atom is -0.493 e. The van der Waals surface area contributed by atoms with E-state index in [4.69, 9.17) is 15.3 Å². The van der Waals surface area contributed by atoms with Crippen LogP contribution < -0.4 is 20.7 Å². The zero-order valence-electron chi connectivity index (χ0n) is 8.31. The van der Waals surface area contributed by atoms with Crippen molar-refractivity contribution in [2.45, 2.75) is 0 Å². The van der Waals surface area contributed by atoms with Gasteiger partial charge in [0, 0.05) is 6.07 Å². The van der Waals surface area contributed by atoms with Crippen molar-refractivity contribution in [2.75, 3.05) is 19.6 Å². The predicted molar refractivity (Wildman–Crippen MR) is 54.0 cm³/mol. The van der Waals surface area contributed by atoms with Gasteiger partial charge in [-0.3, -0.25) is 16.0 Å². The van der Waals surface area contributed by atoms with Gasteiger partial charge in [0.05, 0.1) is 25.2 Å². The van der Waals surface area contributed by atoms with E-state index in [1.165, 1.54) is 26.4 Å². The fraction of sp³-hybridized carbons (Fsp3) is 0.250. The van der Waals surface area contributed by atoms with Crippen molar-refractivity contribution in [3.05, 3.63) is 22.2 Å². The van der Waals surface area contributed by atoms with Crippen LogP contribution >= 0.6 is 0 Å². The molecule has 0 spiro atoms. The highest BCUT2D eigenvalue weighted by Gasteiger charge is 2.18. The average molecular weight is 213 g/mol. The molecule has 0 aliphatic carbocycles. The van der Waals surface area contributed by atoms with Crippen molar-refractivity contribution in [2.24, 2.45) is 5.84 Å². The summed E-state index contributed by atoms with van der Waals surface area (Å²) in [5.74, 6) is 5.80. The second kappa shape index (κ2) is 4.47. The van der Waals surface area contributed by atoms with Crippen LogP contribution in [0.1, 0.15) is 0 Å². The number of ether oxygens (including phenoxy) is 2. The Kier molecular flexibility index (Phi) is 3.29. The molecule has 1 aromatic carbocycles. The van der Waals surface area contributed by atoms with Crippen LogP contribution in [0, 0.1) is 10.1 Å². The van der Waals surface area contributed by atoms with E-state index in [9.17, 15) is 10.1 Å². The highest BCUT2D eigenvalue weighted by Crippen LogP contribution is 2.36. The number of nitro benzene ring substituents is 1. The number of nitrogens with two attached hydrogens (primary N) is 1. The normalized spacial score (nSPS) is 9.53. The maximum absolute atomic E-state index is 10.7. The van der Waals surface area contributed by atoms with Crippen molar-refractivity contribution in [3.8, 4) is 11.5 Å². The number of nitrogen functional groups attached to an aromatic ring is 1. The first-order chi connectivity index (χ1) is 7.13. The van der Waals surface area contributed by atoms with Gasteiger partial charge in [0.2, 0.25) is 0 Å². The van der Waals surface area contributed by atoms with Crippen LogP contribution in [0.4, 0.5) is 11.4 Å². The number of hydrogen-bond acceptors (Lipinski definition) is 6. The van der Waals surface area contributed by atoms with Crippen LogP contribution in [-0.4, -0.2) is 19.1 Å². The Hall–Kier alpha value is -2.02. The summed E-state index contributed by atoms with van der Waals surface area (Å²) in [5.41, 5.74) is 2.22. The quantitative estimate of drug-likeness (QED) is 0.438. The van der Waals surface area contributed by atoms with Gasteiger partial charge in [-0.25, -0.2) is 0 Å². The third-order valence-electron chi connectivity index (χ3n) is 1.85. The smallest absolute Gasteiger partial charge is 0.297 e. The summed E-state index contributed by atoms with van der Waals surface area (Å²) < 4.78 is 9.90. The van der Waals surface area contributed by atoms with Gasteiger partial charge in [-0.05, 0) is 0 Å². The molecule has 0 saturated heterocycles. The minimum atomic E-state index is -0.558. The molecular formula is C8H11N3O4.